The van der Waals surface area contributed by atoms with Gasteiger partial charge in [0.1, 0.15) is 0 Å². The van der Waals surface area contributed by atoms with Gasteiger partial charge in [0.15, 0.2) is 0 Å². The quantitative estimate of drug-likeness (QED) is 0.528. The number of quaternary nitrogens is 1. The maximum atomic E-state index is 11.9. The molecule has 0 saturated carbocycles. The van der Waals surface area contributed by atoms with Crippen LogP contribution in [0.3, 0.4) is 0 Å². The lowest BCUT2D eigenvalue weighted by Gasteiger charge is -2.26. The molecule has 0 aromatic carbocycles. The smallest absolute Gasteiger partial charge is 0.311 e. The van der Waals surface area contributed by atoms with E-state index in [2.05, 4.69) is 27.9 Å². The van der Waals surface area contributed by atoms with Crippen LogP contribution in [0.15, 0.2) is 0 Å². The van der Waals surface area contributed by atoms with Gasteiger partial charge in [-0.05, 0) is 32.6 Å². The summed E-state index contributed by atoms with van der Waals surface area (Å²) in [6, 6.07) is 0. The highest BCUT2D eigenvalue weighted by molar-refractivity contribution is 5.76. The second-order valence-corrected chi connectivity index (χ2v) is 7.53. The monoisotopic (exact) mass is 284 g/mol. The van der Waals surface area contributed by atoms with E-state index in [0.29, 0.717) is 0 Å². The summed E-state index contributed by atoms with van der Waals surface area (Å²) < 4.78 is 6.12. The third-order valence-corrected chi connectivity index (χ3v) is 5.41. The lowest BCUT2D eigenvalue weighted by atomic mass is 9.80. The van der Waals surface area contributed by atoms with Gasteiger partial charge in [0.05, 0.1) is 39.7 Å². The predicted molar refractivity (Wildman–Crippen MR) is 83.4 cm³/mol. The number of likely N-dealkylation sites (tertiary alicyclic amines) is 1. The van der Waals surface area contributed by atoms with Gasteiger partial charge in [-0.3, -0.25) is 4.79 Å². The number of rotatable bonds is 7. The van der Waals surface area contributed by atoms with Crippen molar-refractivity contribution in [2.24, 2.45) is 17.3 Å². The zero-order valence-corrected chi connectivity index (χ0v) is 14.4. The first-order valence-electron chi connectivity index (χ1n) is 8.18. The van der Waals surface area contributed by atoms with E-state index in [1.165, 1.54) is 33.0 Å². The standard InChI is InChI=1S/C17H34NO2/c1-7-14-12-18(4,5)13-15(14)10-9-11-17(3,8-2)16(19)20-6/h14-15H,7-13H2,1-6H3/q+1. The summed E-state index contributed by atoms with van der Waals surface area (Å²) in [5.74, 6) is 1.64. The molecule has 1 saturated heterocycles. The molecule has 118 valence electrons. The average Bonchev–Trinajstić information content (AvgIpc) is 2.71. The highest BCUT2D eigenvalue weighted by Gasteiger charge is 2.39. The molecule has 1 aliphatic heterocycles. The maximum absolute atomic E-state index is 11.9. The molecule has 3 heteroatoms. The fourth-order valence-corrected chi connectivity index (χ4v) is 3.86. The highest BCUT2D eigenvalue weighted by atomic mass is 16.5. The van der Waals surface area contributed by atoms with Crippen LogP contribution in [0.1, 0.15) is 52.9 Å². The van der Waals surface area contributed by atoms with Crippen LogP contribution >= 0.6 is 0 Å². The molecule has 0 aromatic rings. The number of hydrogen-bond donors (Lipinski definition) is 0. The van der Waals surface area contributed by atoms with Crippen LogP contribution in [0.4, 0.5) is 0 Å². The Morgan fingerprint density at radius 3 is 2.35 bits per heavy atom. The van der Waals surface area contributed by atoms with Crippen molar-refractivity contribution in [1.29, 1.82) is 0 Å². The molecule has 1 heterocycles. The Balaban J connectivity index is 2.49. The Labute approximate surface area is 125 Å². The van der Waals surface area contributed by atoms with Gasteiger partial charge in [-0.15, -0.1) is 0 Å². The van der Waals surface area contributed by atoms with Crippen LogP contribution in [0.2, 0.25) is 0 Å². The number of carbonyl (C=O) groups is 1. The Bertz CT molecular complexity index is 327. The summed E-state index contributed by atoms with van der Waals surface area (Å²) in [6.45, 7) is 9.04. The Morgan fingerprint density at radius 1 is 1.25 bits per heavy atom. The first-order chi connectivity index (χ1) is 9.28. The minimum atomic E-state index is -0.292. The van der Waals surface area contributed by atoms with Gasteiger partial charge >= 0.3 is 5.97 Å². The van der Waals surface area contributed by atoms with Crippen molar-refractivity contribution in [2.45, 2.75) is 52.9 Å². The van der Waals surface area contributed by atoms with E-state index in [9.17, 15) is 4.79 Å². The fourth-order valence-electron chi connectivity index (χ4n) is 3.86. The van der Waals surface area contributed by atoms with Crippen molar-refractivity contribution in [3.8, 4) is 0 Å². The summed E-state index contributed by atoms with van der Waals surface area (Å²) >= 11 is 0. The third kappa shape index (κ3) is 4.21. The first-order valence-corrected chi connectivity index (χ1v) is 8.18. The molecule has 0 amide bonds. The van der Waals surface area contributed by atoms with E-state index >= 15 is 0 Å². The van der Waals surface area contributed by atoms with Crippen LogP contribution in [0, 0.1) is 17.3 Å². The molecule has 0 radical (unpaired) electrons. The van der Waals surface area contributed by atoms with E-state index in [0.717, 1.165) is 35.6 Å². The van der Waals surface area contributed by atoms with Crippen molar-refractivity contribution in [1.82, 2.24) is 0 Å². The number of nitrogens with zero attached hydrogens (tertiary/aromatic N) is 1. The number of esters is 1. The number of hydrogen-bond acceptors (Lipinski definition) is 2. The lowest BCUT2D eigenvalue weighted by molar-refractivity contribution is -0.880. The summed E-state index contributed by atoms with van der Waals surface area (Å²) in [7, 11) is 6.18. The second kappa shape index (κ2) is 6.93. The maximum Gasteiger partial charge on any atom is 0.311 e. The van der Waals surface area contributed by atoms with Crippen LogP contribution < -0.4 is 0 Å². The largest absolute Gasteiger partial charge is 0.469 e. The van der Waals surface area contributed by atoms with Crippen LogP contribution in [-0.4, -0.2) is 44.7 Å². The fraction of sp³-hybridized carbons (Fsp3) is 0.941. The molecule has 0 spiro atoms. The van der Waals surface area contributed by atoms with Crippen LogP contribution in [0.5, 0.6) is 0 Å². The van der Waals surface area contributed by atoms with Crippen LogP contribution in [-0.2, 0) is 9.53 Å². The van der Waals surface area contributed by atoms with Gasteiger partial charge in [0.2, 0.25) is 0 Å². The normalized spacial score (nSPS) is 28.1. The van der Waals surface area contributed by atoms with Crippen molar-refractivity contribution in [3.05, 3.63) is 0 Å². The molecule has 20 heavy (non-hydrogen) atoms. The molecule has 0 aromatic heterocycles. The van der Waals surface area contributed by atoms with Gasteiger partial charge in [0.25, 0.3) is 0 Å². The van der Waals surface area contributed by atoms with Crippen molar-refractivity contribution >= 4 is 5.97 Å². The third-order valence-electron chi connectivity index (χ3n) is 5.41. The van der Waals surface area contributed by atoms with Crippen LogP contribution in [0.25, 0.3) is 0 Å². The molecule has 3 unspecified atom stereocenters. The average molecular weight is 284 g/mol. The molecular weight excluding hydrogens is 250 g/mol. The van der Waals surface area contributed by atoms with E-state index in [1.807, 2.05) is 6.92 Å². The summed E-state index contributed by atoms with van der Waals surface area (Å²) in [4.78, 5) is 11.9. The van der Waals surface area contributed by atoms with Gasteiger partial charge in [-0.25, -0.2) is 0 Å². The summed E-state index contributed by atoms with van der Waals surface area (Å²) in [5.41, 5.74) is -0.292. The summed E-state index contributed by atoms with van der Waals surface area (Å²) in [5, 5.41) is 0. The first kappa shape index (κ1) is 17.5. The molecule has 3 nitrogen and oxygen atoms in total. The molecule has 3 atom stereocenters. The van der Waals surface area contributed by atoms with E-state index in [4.69, 9.17) is 4.74 Å². The van der Waals surface area contributed by atoms with Crippen molar-refractivity contribution in [3.63, 3.8) is 0 Å². The Morgan fingerprint density at radius 2 is 1.85 bits per heavy atom. The SMILES string of the molecule is CCC1C[N+](C)(C)CC1CCCC(C)(CC)C(=O)OC. The number of ether oxygens (including phenoxy) is 1. The Hall–Kier alpha value is -0.570. The zero-order valence-electron chi connectivity index (χ0n) is 14.4. The molecule has 0 bridgehead atoms. The number of methoxy groups -OCH3 is 1. The lowest BCUT2D eigenvalue weighted by Crippen LogP contribution is -2.37. The van der Waals surface area contributed by atoms with Crippen molar-refractivity contribution < 1.29 is 14.0 Å². The molecule has 1 aliphatic rings. The predicted octanol–water partition coefficient (Wildman–Crippen LogP) is 3.48. The van der Waals surface area contributed by atoms with E-state index in [-0.39, 0.29) is 11.4 Å². The van der Waals surface area contributed by atoms with E-state index < -0.39 is 0 Å². The van der Waals surface area contributed by atoms with Gasteiger partial charge < -0.3 is 9.22 Å². The molecular formula is C17H34NO2+. The minimum absolute atomic E-state index is 0.0467. The zero-order chi connectivity index (χ0) is 15.4. The molecule has 0 aliphatic carbocycles. The minimum Gasteiger partial charge on any atom is -0.469 e. The highest BCUT2D eigenvalue weighted by Crippen LogP contribution is 2.35. The second-order valence-electron chi connectivity index (χ2n) is 7.53. The summed E-state index contributed by atoms with van der Waals surface area (Å²) in [6.07, 6.45) is 5.50. The number of carbonyl (C=O) groups excluding carboxylic acids is 1. The van der Waals surface area contributed by atoms with Gasteiger partial charge in [0, 0.05) is 11.8 Å². The van der Waals surface area contributed by atoms with E-state index in [1.54, 1.807) is 0 Å². The molecule has 1 rings (SSSR count). The van der Waals surface area contributed by atoms with Gasteiger partial charge in [-0.1, -0.05) is 20.3 Å². The van der Waals surface area contributed by atoms with Gasteiger partial charge in [-0.2, -0.15) is 0 Å². The molecule has 1 fully saturated rings. The topological polar surface area (TPSA) is 26.3 Å². The van der Waals surface area contributed by atoms with Crippen molar-refractivity contribution in [2.75, 3.05) is 34.3 Å². The molecule has 0 N–H and O–H groups in total. The Kier molecular flexibility index (Phi) is 6.06.